The Morgan fingerprint density at radius 3 is 2.28 bits per heavy atom. The Labute approximate surface area is 196 Å². The van der Waals surface area contributed by atoms with Gasteiger partial charge in [0.05, 0.1) is 5.69 Å². The van der Waals surface area contributed by atoms with Gasteiger partial charge in [0.15, 0.2) is 5.70 Å². The van der Waals surface area contributed by atoms with Gasteiger partial charge in [-0.25, -0.2) is 35.8 Å². The average Bonchev–Trinajstić information content (AvgIpc) is 2.77. The van der Waals surface area contributed by atoms with Gasteiger partial charge in [-0.1, -0.05) is 6.58 Å². The van der Waals surface area contributed by atoms with Crippen molar-refractivity contribution in [3.8, 4) is 5.75 Å². The molecule has 2 aromatic rings. The van der Waals surface area contributed by atoms with Crippen LogP contribution in [0.4, 0.5) is 20.6 Å². The van der Waals surface area contributed by atoms with E-state index in [1.54, 1.807) is 22.9 Å². The number of benzene rings is 2. The molecule has 0 fully saturated rings. The number of nitrogens with two attached hydrogens (primary N) is 2. The first-order chi connectivity index (χ1) is 15.1. The predicted octanol–water partition coefficient (Wildman–Crippen LogP) is 2.65. The number of anilines is 2. The second-order valence-corrected chi connectivity index (χ2v) is 6.53. The lowest BCUT2D eigenvalue weighted by Gasteiger charge is -2.17. The maximum atomic E-state index is 13.0. The summed E-state index contributed by atoms with van der Waals surface area (Å²) in [6, 6.07) is 10.4. The largest absolute Gasteiger partial charge is 0.476 e. The summed E-state index contributed by atoms with van der Waals surface area (Å²) in [6.07, 6.45) is 1.07. The summed E-state index contributed by atoms with van der Waals surface area (Å²) >= 11 is 1.64. The highest BCUT2D eigenvalue weighted by Gasteiger charge is 2.16. The molecule has 168 valence electrons. The first-order valence-corrected chi connectivity index (χ1v) is 9.73. The van der Waals surface area contributed by atoms with Crippen LogP contribution in [0, 0.1) is 11.2 Å². The van der Waals surface area contributed by atoms with E-state index in [0.717, 1.165) is 16.2 Å². The predicted molar refractivity (Wildman–Crippen MR) is 125 cm³/mol. The van der Waals surface area contributed by atoms with Crippen LogP contribution in [0.5, 0.6) is 5.75 Å². The second-order valence-electron chi connectivity index (χ2n) is 6.05. The third-order valence-corrected chi connectivity index (χ3v) is 4.34. The fourth-order valence-electron chi connectivity index (χ4n) is 2.20. The zero-order chi connectivity index (χ0) is 23.8. The fourth-order valence-corrected chi connectivity index (χ4v) is 2.46. The van der Waals surface area contributed by atoms with Crippen LogP contribution in [0.25, 0.3) is 0 Å². The molecular formula is C19H19FIN7O4. The van der Waals surface area contributed by atoms with E-state index in [4.69, 9.17) is 21.8 Å². The number of nitrogens with one attached hydrogen (secondary N) is 3. The number of hydrazine groups is 3. The first kappa shape index (κ1) is 24.7. The highest BCUT2D eigenvalue weighted by atomic mass is 127. The zero-order valence-corrected chi connectivity index (χ0v) is 18.5. The van der Waals surface area contributed by atoms with Crippen LogP contribution in [0.3, 0.4) is 0 Å². The number of nitrogens with zero attached hydrogens (tertiary/aromatic N) is 2. The molecule has 0 bridgehead atoms. The lowest BCUT2D eigenvalue weighted by Crippen LogP contribution is -2.40. The number of hydrogen-bond donors (Lipinski definition) is 6. The van der Waals surface area contributed by atoms with Crippen molar-refractivity contribution in [1.29, 1.82) is 5.41 Å². The van der Waals surface area contributed by atoms with Crippen molar-refractivity contribution < 1.29 is 23.8 Å². The molecule has 0 saturated heterocycles. The van der Waals surface area contributed by atoms with Crippen molar-refractivity contribution >= 4 is 52.1 Å². The smallest absolute Gasteiger partial charge is 0.355 e. The molecule has 0 spiro atoms. The number of ether oxygens (including phenoxy) is 1. The van der Waals surface area contributed by atoms with Gasteiger partial charge in [0.1, 0.15) is 11.6 Å². The molecule has 0 aliphatic heterocycles. The molecule has 0 aliphatic carbocycles. The first-order valence-electron chi connectivity index (χ1n) is 8.65. The monoisotopic (exact) mass is 555 g/mol. The Hall–Kier alpha value is -3.53. The lowest BCUT2D eigenvalue weighted by atomic mass is 10.2. The Morgan fingerprint density at radius 2 is 1.75 bits per heavy atom. The van der Waals surface area contributed by atoms with Gasteiger partial charge >= 0.3 is 12.0 Å². The molecule has 0 aliphatic rings. The minimum Gasteiger partial charge on any atom is -0.476 e. The number of carbonyl (C=O) groups is 2. The summed E-state index contributed by atoms with van der Waals surface area (Å²) in [7, 11) is 0. The summed E-state index contributed by atoms with van der Waals surface area (Å²) in [5, 5.41) is 21.2. The van der Waals surface area contributed by atoms with Gasteiger partial charge in [0, 0.05) is 34.1 Å². The normalized spacial score (nSPS) is 10.8. The van der Waals surface area contributed by atoms with Crippen LogP contribution in [0.1, 0.15) is 0 Å². The highest BCUT2D eigenvalue weighted by Crippen LogP contribution is 2.19. The zero-order valence-electron chi connectivity index (χ0n) is 16.4. The maximum absolute atomic E-state index is 13.0. The van der Waals surface area contributed by atoms with Crippen LogP contribution in [0.2, 0.25) is 0 Å². The van der Waals surface area contributed by atoms with E-state index < -0.39 is 23.7 Å². The molecule has 11 nitrogen and oxygen atoms in total. The van der Waals surface area contributed by atoms with Gasteiger partial charge in [0.2, 0.25) is 5.90 Å². The SMILES string of the molecule is C=C(/C=C(/C(=O)O)N(N)NI)C(=N)Oc1ccc(NC(=O)N(N)c2ccc(F)cc2)cc1. The molecule has 8 N–H and O–H groups in total. The second kappa shape index (κ2) is 11.2. The number of urea groups is 1. The van der Waals surface area contributed by atoms with Crippen molar-refractivity contribution in [2.45, 2.75) is 0 Å². The van der Waals surface area contributed by atoms with Crippen LogP contribution in [-0.2, 0) is 4.79 Å². The molecule has 13 heteroatoms. The summed E-state index contributed by atoms with van der Waals surface area (Å²) in [6.45, 7) is 3.60. The molecule has 0 atom stereocenters. The molecule has 0 unspecified atom stereocenters. The molecule has 2 rings (SSSR count). The maximum Gasteiger partial charge on any atom is 0.355 e. The molecule has 0 saturated carbocycles. The van der Waals surface area contributed by atoms with E-state index >= 15 is 0 Å². The van der Waals surface area contributed by atoms with Gasteiger partial charge < -0.3 is 15.2 Å². The summed E-state index contributed by atoms with van der Waals surface area (Å²) in [5.74, 6) is 9.26. The highest BCUT2D eigenvalue weighted by molar-refractivity contribution is 14.1. The Bertz CT molecular complexity index is 1040. The van der Waals surface area contributed by atoms with E-state index in [-0.39, 0.29) is 17.0 Å². The standard InChI is InChI=1S/C19H19FIN7O4/c1-11(10-16(18(29)30)28(24)26-21)17(22)32-15-8-4-13(5-9-15)25-19(31)27(23)14-6-2-12(20)3-7-14/h2-10,22,26H,1,23-24H2,(H,25,31)(H,29,30)/b16-10-,22-17?. The number of carboxylic acids is 1. The van der Waals surface area contributed by atoms with E-state index in [0.29, 0.717) is 11.4 Å². The minimum atomic E-state index is -1.33. The van der Waals surface area contributed by atoms with E-state index in [1.807, 2.05) is 0 Å². The van der Waals surface area contributed by atoms with Gasteiger partial charge in [-0.05, 0) is 54.6 Å². The molecule has 0 aromatic heterocycles. The van der Waals surface area contributed by atoms with Crippen molar-refractivity contribution in [2.75, 3.05) is 10.3 Å². The third kappa shape index (κ3) is 6.74. The summed E-state index contributed by atoms with van der Waals surface area (Å²) in [5.41, 5.74) is 0.270. The summed E-state index contributed by atoms with van der Waals surface area (Å²) < 4.78 is 20.7. The van der Waals surface area contributed by atoms with Crippen molar-refractivity contribution in [3.05, 3.63) is 78.3 Å². The molecule has 0 radical (unpaired) electrons. The van der Waals surface area contributed by atoms with Crippen molar-refractivity contribution in [1.82, 2.24) is 8.76 Å². The van der Waals surface area contributed by atoms with E-state index in [9.17, 15) is 19.1 Å². The van der Waals surface area contributed by atoms with Gasteiger partial charge in [-0.3, -0.25) is 5.41 Å². The number of halogens is 2. The molecule has 2 aromatic carbocycles. The lowest BCUT2D eigenvalue weighted by molar-refractivity contribution is -0.134. The fraction of sp³-hybridized carbons (Fsp3) is 0. The molecule has 32 heavy (non-hydrogen) atoms. The number of hydrogen-bond acceptors (Lipinski definition) is 8. The third-order valence-electron chi connectivity index (χ3n) is 3.82. The minimum absolute atomic E-state index is 0.0417. The van der Waals surface area contributed by atoms with Gasteiger partial charge in [0.25, 0.3) is 0 Å². The number of amides is 2. The van der Waals surface area contributed by atoms with E-state index in [1.165, 1.54) is 48.5 Å². The number of aliphatic carboxylic acids is 1. The van der Waals surface area contributed by atoms with Crippen LogP contribution < -0.4 is 30.4 Å². The quantitative estimate of drug-likeness (QED) is 0.0332. The van der Waals surface area contributed by atoms with E-state index in [2.05, 4.69) is 15.5 Å². The molecule has 2 amide bonds. The topological polar surface area (TPSA) is 170 Å². The number of carboxylic acid groups (broad SMARTS) is 1. The Balaban J connectivity index is 2.00. The Kier molecular flexibility index (Phi) is 8.65. The Morgan fingerprint density at radius 1 is 1.16 bits per heavy atom. The number of carbonyl (C=O) groups excluding carboxylic acids is 1. The van der Waals surface area contributed by atoms with Crippen LogP contribution in [-0.4, -0.2) is 28.1 Å². The van der Waals surface area contributed by atoms with Crippen LogP contribution >= 0.6 is 22.9 Å². The van der Waals surface area contributed by atoms with Crippen LogP contribution in [0.15, 0.2) is 72.5 Å². The molecular weight excluding hydrogens is 536 g/mol. The van der Waals surface area contributed by atoms with Gasteiger partial charge in [-0.15, -0.1) is 0 Å². The summed E-state index contributed by atoms with van der Waals surface area (Å²) in [4.78, 5) is 23.5. The molecule has 0 heterocycles. The van der Waals surface area contributed by atoms with Crippen molar-refractivity contribution in [3.63, 3.8) is 0 Å². The average molecular weight is 555 g/mol. The van der Waals surface area contributed by atoms with Gasteiger partial charge in [-0.2, -0.15) is 3.64 Å². The number of rotatable bonds is 8. The van der Waals surface area contributed by atoms with Crippen molar-refractivity contribution in [2.24, 2.45) is 11.7 Å².